The van der Waals surface area contributed by atoms with Crippen molar-refractivity contribution < 1.29 is 22.3 Å². The van der Waals surface area contributed by atoms with Crippen LogP contribution in [0.5, 0.6) is 5.75 Å². The van der Waals surface area contributed by atoms with E-state index < -0.39 is 21.7 Å². The quantitative estimate of drug-likeness (QED) is 0.756. The van der Waals surface area contributed by atoms with Crippen LogP contribution >= 0.6 is 0 Å². The van der Waals surface area contributed by atoms with Gasteiger partial charge in [-0.2, -0.15) is 0 Å². The summed E-state index contributed by atoms with van der Waals surface area (Å²) in [5.41, 5.74) is 0.588. The number of carbonyl (C=O) groups is 1. The third kappa shape index (κ3) is 5.11. The number of rotatable bonds is 5. The molecule has 0 aliphatic heterocycles. The van der Waals surface area contributed by atoms with E-state index in [2.05, 4.69) is 0 Å². The van der Waals surface area contributed by atoms with Gasteiger partial charge in [-0.25, -0.2) is 17.5 Å². The Morgan fingerprint density at radius 1 is 1.03 bits per heavy atom. The van der Waals surface area contributed by atoms with Crippen LogP contribution in [0.3, 0.4) is 0 Å². The van der Waals surface area contributed by atoms with Crippen LogP contribution in [0.4, 0.5) is 4.39 Å². The van der Waals surface area contributed by atoms with Crippen molar-refractivity contribution in [1.29, 1.82) is 0 Å². The molecule has 3 aliphatic carbocycles. The number of amides is 1. The summed E-state index contributed by atoms with van der Waals surface area (Å²) in [7, 11) is -3.75. The highest BCUT2D eigenvalue weighted by molar-refractivity contribution is 7.89. The van der Waals surface area contributed by atoms with Gasteiger partial charge in [0.15, 0.2) is 0 Å². The van der Waals surface area contributed by atoms with Crippen LogP contribution in [0.15, 0.2) is 12.1 Å². The normalized spacial score (nSPS) is 27.6. The average Bonchev–Trinajstić information content (AvgIpc) is 3.47. The lowest BCUT2D eigenvalue weighted by molar-refractivity contribution is 0.0825. The molecule has 0 radical (unpaired) electrons. The lowest BCUT2D eigenvalue weighted by Gasteiger charge is -2.35. The molecule has 1 amide bonds. The predicted octanol–water partition coefficient (Wildman–Crippen LogP) is 4.52. The summed E-state index contributed by atoms with van der Waals surface area (Å²) in [6.45, 7) is 0. The number of carbonyl (C=O) groups excluding carboxylic acids is 1. The Kier molecular flexibility index (Phi) is 5.87. The third-order valence-corrected chi connectivity index (χ3v) is 7.23. The summed E-state index contributed by atoms with van der Waals surface area (Å²) >= 11 is 0. The maximum Gasteiger partial charge on any atom is 0.267 e. The fourth-order valence-electron chi connectivity index (χ4n) is 5.08. The first-order chi connectivity index (χ1) is 13.8. The molecule has 1 aromatic carbocycles. The number of hydrogen-bond acceptors (Lipinski definition) is 4. The highest BCUT2D eigenvalue weighted by atomic mass is 32.2. The van der Waals surface area contributed by atoms with Crippen LogP contribution in [-0.4, -0.2) is 26.7 Å². The highest BCUT2D eigenvalue weighted by Gasteiger charge is 2.34. The van der Waals surface area contributed by atoms with Crippen molar-refractivity contribution in [2.45, 2.75) is 76.2 Å². The minimum Gasteiger partial charge on any atom is -0.490 e. The molecule has 3 fully saturated rings. The zero-order chi connectivity index (χ0) is 20.6. The van der Waals surface area contributed by atoms with Gasteiger partial charge in [0.05, 0.1) is 17.9 Å². The van der Waals surface area contributed by atoms with Gasteiger partial charge in [-0.15, -0.1) is 0 Å². The minimum atomic E-state index is -3.75. The Morgan fingerprint density at radius 3 is 2.45 bits per heavy atom. The van der Waals surface area contributed by atoms with Crippen molar-refractivity contribution in [1.82, 2.24) is 4.72 Å². The van der Waals surface area contributed by atoms with E-state index in [1.807, 2.05) is 4.72 Å². The molecule has 160 valence electrons. The lowest BCUT2D eigenvalue weighted by Crippen LogP contribution is -2.31. The standard InChI is InChI=1S/C22H30FNO4S/c1-29(26,27)24-22(25)19-12-18(15-7-8-15)21(13-20(19)23)28-17-10-9-14-5-3-2-4-6-16(14)11-17/h12-17H,2-11H2,1H3,(H,24,25). The number of fused-ring (bicyclic) bond motifs is 1. The second-order valence-corrected chi connectivity index (χ2v) is 10.8. The molecule has 7 heteroatoms. The largest absolute Gasteiger partial charge is 0.490 e. The molecule has 5 nitrogen and oxygen atoms in total. The molecule has 3 saturated carbocycles. The van der Waals surface area contributed by atoms with Crippen LogP contribution < -0.4 is 9.46 Å². The smallest absolute Gasteiger partial charge is 0.267 e. The van der Waals surface area contributed by atoms with E-state index in [1.54, 1.807) is 0 Å². The zero-order valence-corrected chi connectivity index (χ0v) is 17.8. The first-order valence-electron chi connectivity index (χ1n) is 10.8. The molecule has 29 heavy (non-hydrogen) atoms. The van der Waals surface area contributed by atoms with Crippen LogP contribution in [0.2, 0.25) is 0 Å². The molecule has 0 spiro atoms. The van der Waals surface area contributed by atoms with Crippen LogP contribution in [-0.2, 0) is 10.0 Å². The Hall–Kier alpha value is -1.63. The van der Waals surface area contributed by atoms with E-state index in [-0.39, 0.29) is 17.6 Å². The second kappa shape index (κ2) is 8.25. The van der Waals surface area contributed by atoms with E-state index in [9.17, 15) is 17.6 Å². The number of halogens is 1. The lowest BCUT2D eigenvalue weighted by atomic mass is 9.75. The van der Waals surface area contributed by atoms with Crippen molar-refractivity contribution >= 4 is 15.9 Å². The van der Waals surface area contributed by atoms with Gasteiger partial charge in [-0.1, -0.05) is 32.1 Å². The van der Waals surface area contributed by atoms with Gasteiger partial charge >= 0.3 is 0 Å². The van der Waals surface area contributed by atoms with E-state index in [0.29, 0.717) is 11.7 Å². The van der Waals surface area contributed by atoms with Crippen LogP contribution in [0.1, 0.15) is 86.0 Å². The van der Waals surface area contributed by atoms with E-state index in [0.717, 1.165) is 43.4 Å². The second-order valence-electron chi connectivity index (χ2n) is 9.06. The predicted molar refractivity (Wildman–Crippen MR) is 109 cm³/mol. The van der Waals surface area contributed by atoms with Crippen molar-refractivity contribution in [3.05, 3.63) is 29.1 Å². The van der Waals surface area contributed by atoms with Gasteiger partial charge in [-0.3, -0.25) is 4.79 Å². The number of benzene rings is 1. The Labute approximate surface area is 172 Å². The van der Waals surface area contributed by atoms with Crippen molar-refractivity contribution in [3.8, 4) is 5.75 Å². The summed E-state index contributed by atoms with van der Waals surface area (Å²) in [5, 5.41) is 0. The first kappa shape index (κ1) is 20.6. The van der Waals surface area contributed by atoms with Gasteiger partial charge < -0.3 is 4.74 Å². The number of hydrogen-bond donors (Lipinski definition) is 1. The van der Waals surface area contributed by atoms with Gasteiger partial charge in [-0.05, 0) is 61.5 Å². The first-order valence-corrected chi connectivity index (χ1v) is 12.7. The molecular formula is C22H30FNO4S. The van der Waals surface area contributed by atoms with Gasteiger partial charge in [0.2, 0.25) is 10.0 Å². The van der Waals surface area contributed by atoms with E-state index >= 15 is 0 Å². The maximum atomic E-state index is 14.7. The Morgan fingerprint density at radius 2 is 1.76 bits per heavy atom. The molecule has 0 saturated heterocycles. The summed E-state index contributed by atoms with van der Waals surface area (Å²) in [6.07, 6.45) is 12.6. The fourth-order valence-corrected chi connectivity index (χ4v) is 5.52. The minimum absolute atomic E-state index is 0.0851. The third-order valence-electron chi connectivity index (χ3n) is 6.67. The molecule has 0 heterocycles. The molecule has 0 bridgehead atoms. The van der Waals surface area contributed by atoms with Gasteiger partial charge in [0.1, 0.15) is 11.6 Å². The molecular weight excluding hydrogens is 393 g/mol. The van der Waals surface area contributed by atoms with Crippen LogP contribution in [0, 0.1) is 17.7 Å². The van der Waals surface area contributed by atoms with E-state index in [1.165, 1.54) is 50.7 Å². The highest BCUT2D eigenvalue weighted by Crippen LogP contribution is 2.47. The van der Waals surface area contributed by atoms with Crippen LogP contribution in [0.25, 0.3) is 0 Å². The molecule has 3 unspecified atom stereocenters. The molecule has 1 aromatic rings. The van der Waals surface area contributed by atoms with Gasteiger partial charge in [0, 0.05) is 6.07 Å². The molecule has 0 aromatic heterocycles. The molecule has 3 aliphatic rings. The van der Waals surface area contributed by atoms with Crippen molar-refractivity contribution in [2.24, 2.45) is 11.8 Å². The number of ether oxygens (including phenoxy) is 1. The number of nitrogens with one attached hydrogen (secondary N) is 1. The summed E-state index contributed by atoms with van der Waals surface area (Å²) in [6, 6.07) is 2.77. The Balaban J connectivity index is 1.53. The van der Waals surface area contributed by atoms with E-state index in [4.69, 9.17) is 4.74 Å². The summed E-state index contributed by atoms with van der Waals surface area (Å²) < 4.78 is 45.5. The monoisotopic (exact) mass is 423 g/mol. The molecule has 1 N–H and O–H groups in total. The van der Waals surface area contributed by atoms with Gasteiger partial charge in [0.25, 0.3) is 5.91 Å². The fraction of sp³-hybridized carbons (Fsp3) is 0.682. The Bertz CT molecular complexity index is 881. The van der Waals surface area contributed by atoms with Crippen molar-refractivity contribution in [3.63, 3.8) is 0 Å². The molecule has 3 atom stereocenters. The summed E-state index contributed by atoms with van der Waals surface area (Å²) in [4.78, 5) is 12.2. The van der Waals surface area contributed by atoms with Crippen molar-refractivity contribution in [2.75, 3.05) is 6.26 Å². The molecule has 4 rings (SSSR count). The SMILES string of the molecule is CS(=O)(=O)NC(=O)c1cc(C2CC2)c(OC2CCC3CCCCCC3C2)cc1F. The average molecular weight is 424 g/mol. The number of sulfonamides is 1. The zero-order valence-electron chi connectivity index (χ0n) is 17.0. The summed E-state index contributed by atoms with van der Waals surface area (Å²) in [5.74, 6) is 0.609. The maximum absolute atomic E-state index is 14.7. The topological polar surface area (TPSA) is 72.5 Å².